The van der Waals surface area contributed by atoms with Gasteiger partial charge in [0.1, 0.15) is 23.0 Å². The van der Waals surface area contributed by atoms with Gasteiger partial charge in [-0.05, 0) is 70.0 Å². The van der Waals surface area contributed by atoms with Crippen LogP contribution in [-0.2, 0) is 0 Å². The average molecular weight is 493 g/mol. The molecule has 3 heterocycles. The zero-order valence-electron chi connectivity index (χ0n) is 21.1. The number of aryl methyl sites for hydroxylation is 2. The van der Waals surface area contributed by atoms with E-state index >= 15 is 0 Å². The smallest absolute Gasteiger partial charge is 0.219 e. The number of aromatic amines is 1. The molecule has 5 aromatic rings. The fraction of sp³-hybridized carbons (Fsp3) is 0.241. The Balaban J connectivity index is 1.31. The van der Waals surface area contributed by atoms with Crippen molar-refractivity contribution < 1.29 is 9.47 Å². The summed E-state index contributed by atoms with van der Waals surface area (Å²) >= 11 is 0. The van der Waals surface area contributed by atoms with E-state index in [1.165, 1.54) is 5.56 Å². The van der Waals surface area contributed by atoms with Crippen molar-refractivity contribution in [2.75, 3.05) is 6.61 Å². The number of H-pyrrole nitrogens is 1. The summed E-state index contributed by atoms with van der Waals surface area (Å²) in [5.41, 5.74) is 4.87. The molecule has 0 aliphatic heterocycles. The molecule has 0 amide bonds. The van der Waals surface area contributed by atoms with Crippen LogP contribution < -0.4 is 9.47 Å². The maximum atomic E-state index is 5.99. The summed E-state index contributed by atoms with van der Waals surface area (Å²) in [4.78, 5) is 17.7. The van der Waals surface area contributed by atoms with Crippen molar-refractivity contribution in [1.29, 1.82) is 0 Å². The molecular weight excluding hydrogens is 464 g/mol. The van der Waals surface area contributed by atoms with Crippen LogP contribution in [0.1, 0.15) is 37.1 Å². The highest BCUT2D eigenvalue weighted by molar-refractivity contribution is 5.66. The van der Waals surface area contributed by atoms with Crippen molar-refractivity contribution in [1.82, 2.24) is 29.7 Å². The van der Waals surface area contributed by atoms with E-state index in [-0.39, 0.29) is 0 Å². The molecule has 8 heteroatoms. The molecule has 8 nitrogen and oxygen atoms in total. The molecule has 0 bridgehead atoms. The second-order valence-electron chi connectivity index (χ2n) is 9.25. The van der Waals surface area contributed by atoms with Gasteiger partial charge in [-0.15, -0.1) is 0 Å². The number of imidazole rings is 1. The summed E-state index contributed by atoms with van der Waals surface area (Å²) in [6.07, 6.45) is 3.89. The summed E-state index contributed by atoms with van der Waals surface area (Å²) in [6, 6.07) is 19.9. The van der Waals surface area contributed by atoms with Crippen LogP contribution in [0.2, 0.25) is 0 Å². The molecule has 1 aliphatic rings. The third-order valence-corrected chi connectivity index (χ3v) is 6.26. The van der Waals surface area contributed by atoms with Gasteiger partial charge >= 0.3 is 0 Å². The van der Waals surface area contributed by atoms with E-state index in [4.69, 9.17) is 24.5 Å². The Kier molecular flexibility index (Phi) is 5.92. The molecule has 186 valence electrons. The van der Waals surface area contributed by atoms with Crippen LogP contribution >= 0.6 is 0 Å². The molecule has 0 spiro atoms. The Labute approximate surface area is 215 Å². The Morgan fingerprint density at radius 3 is 2.51 bits per heavy atom. The normalized spacial score (nSPS) is 13.1. The highest BCUT2D eigenvalue weighted by Gasteiger charge is 2.30. The fourth-order valence-electron chi connectivity index (χ4n) is 4.28. The third-order valence-electron chi connectivity index (χ3n) is 6.26. The van der Waals surface area contributed by atoms with Crippen molar-refractivity contribution in [3.8, 4) is 51.7 Å². The van der Waals surface area contributed by atoms with E-state index in [0.29, 0.717) is 30.1 Å². The topological polar surface area (TPSA) is 90.7 Å². The Hall–Kier alpha value is -4.46. The first-order chi connectivity index (χ1) is 18.1. The molecule has 1 N–H and O–H groups in total. The number of nitrogens with zero attached hydrogens (tertiary/aromatic N) is 5. The Morgan fingerprint density at radius 1 is 0.946 bits per heavy atom. The molecule has 0 atom stereocenters. The van der Waals surface area contributed by atoms with Gasteiger partial charge in [0.2, 0.25) is 5.88 Å². The van der Waals surface area contributed by atoms with Crippen LogP contribution in [0.5, 0.6) is 17.4 Å². The van der Waals surface area contributed by atoms with Gasteiger partial charge in [-0.1, -0.05) is 23.8 Å². The summed E-state index contributed by atoms with van der Waals surface area (Å²) in [7, 11) is 0. The second kappa shape index (κ2) is 9.54. The Morgan fingerprint density at radius 2 is 1.76 bits per heavy atom. The molecule has 1 saturated carbocycles. The van der Waals surface area contributed by atoms with Gasteiger partial charge in [-0.25, -0.2) is 19.6 Å². The van der Waals surface area contributed by atoms with Gasteiger partial charge in [0.15, 0.2) is 11.6 Å². The van der Waals surface area contributed by atoms with Crippen LogP contribution in [0.4, 0.5) is 0 Å². The van der Waals surface area contributed by atoms with Gasteiger partial charge in [-0.2, -0.15) is 5.10 Å². The first-order valence-electron chi connectivity index (χ1n) is 12.5. The van der Waals surface area contributed by atoms with Crippen LogP contribution in [-0.4, -0.2) is 36.3 Å². The number of benzene rings is 2. The Bertz CT molecular complexity index is 1550. The van der Waals surface area contributed by atoms with E-state index in [9.17, 15) is 0 Å². The number of rotatable bonds is 8. The van der Waals surface area contributed by atoms with E-state index < -0.39 is 0 Å². The van der Waals surface area contributed by atoms with Gasteiger partial charge < -0.3 is 14.5 Å². The number of hydrogen-bond donors (Lipinski definition) is 1. The van der Waals surface area contributed by atoms with Gasteiger partial charge in [-0.3, -0.25) is 0 Å². The first-order valence-corrected chi connectivity index (χ1v) is 12.5. The van der Waals surface area contributed by atoms with Crippen molar-refractivity contribution in [3.63, 3.8) is 0 Å². The fourth-order valence-corrected chi connectivity index (χ4v) is 4.28. The lowest BCUT2D eigenvalue weighted by atomic mass is 10.1. The second-order valence-corrected chi connectivity index (χ2v) is 9.25. The zero-order valence-corrected chi connectivity index (χ0v) is 21.1. The van der Waals surface area contributed by atoms with E-state index in [1.807, 2.05) is 61.0 Å². The SMILES string of the molecule is CCOc1ccc(Oc2cc(-c3nc(-c4nc(-c5cccc(C)c5)[nH]c4C)n(C4CC4)n3)ccn2)cc1. The van der Waals surface area contributed by atoms with Crippen LogP contribution in [0.3, 0.4) is 0 Å². The van der Waals surface area contributed by atoms with Crippen molar-refractivity contribution >= 4 is 0 Å². The number of ether oxygens (including phenoxy) is 2. The number of hydrogen-bond acceptors (Lipinski definition) is 6. The lowest BCUT2D eigenvalue weighted by Gasteiger charge is -2.07. The number of nitrogens with one attached hydrogen (secondary N) is 1. The molecule has 3 aromatic heterocycles. The summed E-state index contributed by atoms with van der Waals surface area (Å²) in [5, 5.41) is 4.89. The molecule has 0 radical (unpaired) electrons. The third kappa shape index (κ3) is 4.82. The molecule has 6 rings (SSSR count). The molecule has 37 heavy (non-hydrogen) atoms. The lowest BCUT2D eigenvalue weighted by Crippen LogP contribution is -2.00. The first kappa shape index (κ1) is 23.0. The van der Waals surface area contributed by atoms with Crippen molar-refractivity contribution in [2.45, 2.75) is 39.7 Å². The van der Waals surface area contributed by atoms with E-state index in [2.05, 4.69) is 35.1 Å². The maximum absolute atomic E-state index is 5.99. The molecule has 0 unspecified atom stereocenters. The summed E-state index contributed by atoms with van der Waals surface area (Å²) < 4.78 is 13.5. The van der Waals surface area contributed by atoms with E-state index in [0.717, 1.165) is 52.8 Å². The quantitative estimate of drug-likeness (QED) is 0.264. The maximum Gasteiger partial charge on any atom is 0.219 e. The molecular formula is C29H28N6O2. The average Bonchev–Trinajstić information content (AvgIpc) is 3.54. The minimum Gasteiger partial charge on any atom is -0.494 e. The summed E-state index contributed by atoms with van der Waals surface area (Å²) in [5.74, 6) is 4.19. The van der Waals surface area contributed by atoms with E-state index in [1.54, 1.807) is 6.20 Å². The van der Waals surface area contributed by atoms with Gasteiger partial charge in [0.05, 0.1) is 12.6 Å². The number of aromatic nitrogens is 6. The van der Waals surface area contributed by atoms with Gasteiger partial charge in [0.25, 0.3) is 0 Å². The van der Waals surface area contributed by atoms with Gasteiger partial charge in [0, 0.05) is 29.1 Å². The molecule has 1 aliphatic carbocycles. The highest BCUT2D eigenvalue weighted by Crippen LogP contribution is 2.39. The van der Waals surface area contributed by atoms with Crippen LogP contribution in [0, 0.1) is 13.8 Å². The van der Waals surface area contributed by atoms with Crippen LogP contribution in [0.15, 0.2) is 66.9 Å². The molecule has 2 aromatic carbocycles. The highest BCUT2D eigenvalue weighted by atomic mass is 16.5. The standard InChI is InChI=1S/C29H28N6O2/c1-4-36-23-10-12-24(13-11-23)37-25-17-21(14-15-30-25)28-33-29(35(34-28)22-8-9-22)26-19(3)31-27(32-26)20-7-5-6-18(2)16-20/h5-7,10-17,22H,4,8-9H2,1-3H3,(H,31,32). The largest absolute Gasteiger partial charge is 0.494 e. The van der Waals surface area contributed by atoms with Crippen molar-refractivity contribution in [3.05, 3.63) is 78.1 Å². The predicted molar refractivity (Wildman–Crippen MR) is 142 cm³/mol. The molecule has 1 fully saturated rings. The van der Waals surface area contributed by atoms with Crippen molar-refractivity contribution in [2.24, 2.45) is 0 Å². The summed E-state index contributed by atoms with van der Waals surface area (Å²) in [6.45, 7) is 6.69. The predicted octanol–water partition coefficient (Wildman–Crippen LogP) is 6.54. The lowest BCUT2D eigenvalue weighted by molar-refractivity contribution is 0.339. The zero-order chi connectivity index (χ0) is 25.4. The minimum atomic E-state index is 0.344. The number of pyridine rings is 1. The molecule has 0 saturated heterocycles. The van der Waals surface area contributed by atoms with Crippen LogP contribution in [0.25, 0.3) is 34.3 Å². The monoisotopic (exact) mass is 492 g/mol. The minimum absolute atomic E-state index is 0.344.